The van der Waals surface area contributed by atoms with Crippen molar-refractivity contribution < 1.29 is 4.79 Å². The first kappa shape index (κ1) is 22.3. The zero-order valence-corrected chi connectivity index (χ0v) is 19.9. The molecule has 0 aliphatic carbocycles. The van der Waals surface area contributed by atoms with Crippen molar-refractivity contribution >= 4 is 17.2 Å². The monoisotopic (exact) mass is 433 g/mol. The first-order chi connectivity index (χ1) is 15.4. The summed E-state index contributed by atoms with van der Waals surface area (Å²) in [6.07, 6.45) is 4.71. The van der Waals surface area contributed by atoms with E-state index < -0.39 is 0 Å². The Morgan fingerprint density at radius 2 is 2.06 bits per heavy atom. The van der Waals surface area contributed by atoms with Crippen LogP contribution in [0.3, 0.4) is 0 Å². The van der Waals surface area contributed by atoms with Gasteiger partial charge in [-0.05, 0) is 62.3 Å². The Labute approximate surface area is 190 Å². The van der Waals surface area contributed by atoms with Gasteiger partial charge in [0, 0.05) is 37.6 Å². The summed E-state index contributed by atoms with van der Waals surface area (Å²) in [7, 11) is 0. The summed E-state index contributed by atoms with van der Waals surface area (Å²) in [5, 5.41) is 10.4. The maximum Gasteiger partial charge on any atom is 0.253 e. The van der Waals surface area contributed by atoms with Crippen LogP contribution >= 0.6 is 0 Å². The van der Waals surface area contributed by atoms with Crippen LogP contribution in [0.15, 0.2) is 24.4 Å². The van der Waals surface area contributed by atoms with Gasteiger partial charge in [0.25, 0.3) is 5.91 Å². The van der Waals surface area contributed by atoms with Crippen molar-refractivity contribution in [1.82, 2.24) is 20.0 Å². The molecule has 4 rings (SSSR count). The minimum absolute atomic E-state index is 0.00891. The second-order valence-corrected chi connectivity index (χ2v) is 8.86. The van der Waals surface area contributed by atoms with Crippen molar-refractivity contribution in [2.75, 3.05) is 18.4 Å². The van der Waals surface area contributed by atoms with Gasteiger partial charge in [0.15, 0.2) is 5.65 Å². The predicted octanol–water partition coefficient (Wildman–Crippen LogP) is 4.09. The standard InChI is InChI=1S/C26H35N5O/c1-6-11-27-26(32)23-15-31-18(5)17(4)30-25(31)24-21(23)12-20(13-29-24)28-14-22-16(3)9-8-10-19(22)7-2/h8-10,15,20,28-29H,6-7,11-14H2,1-5H3,(H,27,32). The van der Waals surface area contributed by atoms with Gasteiger partial charge in [-0.15, -0.1) is 0 Å². The third-order valence-electron chi connectivity index (χ3n) is 6.71. The van der Waals surface area contributed by atoms with Gasteiger partial charge >= 0.3 is 0 Å². The van der Waals surface area contributed by atoms with Crippen LogP contribution in [0.4, 0.5) is 5.69 Å². The minimum Gasteiger partial charge on any atom is -0.380 e. The number of nitrogens with one attached hydrogen (secondary N) is 3. The molecule has 0 fully saturated rings. The van der Waals surface area contributed by atoms with E-state index in [1.54, 1.807) is 0 Å². The molecule has 0 spiro atoms. The Hall–Kier alpha value is -2.86. The molecule has 32 heavy (non-hydrogen) atoms. The summed E-state index contributed by atoms with van der Waals surface area (Å²) in [5.41, 5.74) is 9.87. The molecular formula is C26H35N5O. The maximum atomic E-state index is 13.1. The number of amides is 1. The van der Waals surface area contributed by atoms with Crippen LogP contribution in [0.1, 0.15) is 64.3 Å². The van der Waals surface area contributed by atoms with Crippen molar-refractivity contribution in [3.63, 3.8) is 0 Å². The Bertz CT molecular complexity index is 1150. The van der Waals surface area contributed by atoms with E-state index in [1.165, 1.54) is 16.7 Å². The Kier molecular flexibility index (Phi) is 6.51. The Morgan fingerprint density at radius 1 is 1.25 bits per heavy atom. The Balaban J connectivity index is 1.65. The lowest BCUT2D eigenvalue weighted by Gasteiger charge is -2.29. The quantitative estimate of drug-likeness (QED) is 0.525. The zero-order valence-electron chi connectivity index (χ0n) is 19.9. The number of hydrogen-bond donors (Lipinski definition) is 3. The van der Waals surface area contributed by atoms with E-state index in [2.05, 4.69) is 66.2 Å². The number of hydrogen-bond acceptors (Lipinski definition) is 4. The average molecular weight is 434 g/mol. The Morgan fingerprint density at radius 3 is 2.81 bits per heavy atom. The van der Waals surface area contributed by atoms with Gasteiger partial charge in [-0.2, -0.15) is 0 Å². The highest BCUT2D eigenvalue weighted by atomic mass is 16.1. The molecular weight excluding hydrogens is 398 g/mol. The maximum absolute atomic E-state index is 13.1. The van der Waals surface area contributed by atoms with E-state index >= 15 is 0 Å². The number of benzene rings is 1. The molecule has 1 amide bonds. The van der Waals surface area contributed by atoms with Crippen LogP contribution in [0.25, 0.3) is 5.65 Å². The third-order valence-corrected chi connectivity index (χ3v) is 6.71. The molecule has 0 saturated carbocycles. The first-order valence-electron chi connectivity index (χ1n) is 11.8. The molecule has 1 unspecified atom stereocenters. The van der Waals surface area contributed by atoms with E-state index in [0.717, 1.165) is 66.2 Å². The molecule has 1 aromatic carbocycles. The molecule has 0 bridgehead atoms. The number of fused-ring (bicyclic) bond motifs is 3. The largest absolute Gasteiger partial charge is 0.380 e. The summed E-state index contributed by atoms with van der Waals surface area (Å²) in [6, 6.07) is 6.77. The van der Waals surface area contributed by atoms with E-state index in [0.29, 0.717) is 6.54 Å². The third kappa shape index (κ3) is 4.11. The lowest BCUT2D eigenvalue weighted by atomic mass is 9.94. The average Bonchev–Trinajstić information content (AvgIpc) is 3.09. The first-order valence-corrected chi connectivity index (χ1v) is 11.8. The van der Waals surface area contributed by atoms with Crippen molar-refractivity contribution in [2.45, 2.75) is 66.5 Å². The number of aromatic nitrogens is 2. The number of rotatable bonds is 7. The molecule has 3 N–H and O–H groups in total. The summed E-state index contributed by atoms with van der Waals surface area (Å²) in [6.45, 7) is 12.8. The highest BCUT2D eigenvalue weighted by Gasteiger charge is 2.27. The van der Waals surface area contributed by atoms with E-state index in [-0.39, 0.29) is 11.9 Å². The molecule has 1 aliphatic rings. The van der Waals surface area contributed by atoms with Gasteiger partial charge in [0.2, 0.25) is 0 Å². The fourth-order valence-electron chi connectivity index (χ4n) is 4.65. The van der Waals surface area contributed by atoms with Crippen LogP contribution in [0, 0.1) is 20.8 Å². The van der Waals surface area contributed by atoms with Gasteiger partial charge in [-0.1, -0.05) is 32.0 Å². The van der Waals surface area contributed by atoms with Crippen LogP contribution in [0.2, 0.25) is 0 Å². The highest BCUT2D eigenvalue weighted by Crippen LogP contribution is 2.31. The van der Waals surface area contributed by atoms with Crippen LogP contribution in [-0.4, -0.2) is 34.4 Å². The van der Waals surface area contributed by atoms with Gasteiger partial charge in [-0.3, -0.25) is 4.79 Å². The number of aryl methyl sites for hydroxylation is 4. The van der Waals surface area contributed by atoms with Crippen LogP contribution in [-0.2, 0) is 19.4 Å². The molecule has 0 radical (unpaired) electrons. The van der Waals surface area contributed by atoms with Crippen LogP contribution in [0.5, 0.6) is 0 Å². The lowest BCUT2D eigenvalue weighted by molar-refractivity contribution is 0.0952. The summed E-state index contributed by atoms with van der Waals surface area (Å²) in [5.74, 6) is -0.00891. The molecule has 3 heterocycles. The van der Waals surface area contributed by atoms with E-state index in [1.807, 2.05) is 13.1 Å². The number of carbonyl (C=O) groups is 1. The summed E-state index contributed by atoms with van der Waals surface area (Å²) < 4.78 is 2.05. The number of imidazole rings is 1. The number of carbonyl (C=O) groups excluding carboxylic acids is 1. The molecule has 6 nitrogen and oxygen atoms in total. The van der Waals surface area contributed by atoms with Crippen molar-refractivity contribution in [3.8, 4) is 0 Å². The summed E-state index contributed by atoms with van der Waals surface area (Å²) >= 11 is 0. The SMILES string of the molecule is CCCNC(=O)c1cn2c(C)c(C)nc2c2c1CC(NCc1c(C)cccc1CC)CN2. The van der Waals surface area contributed by atoms with Gasteiger partial charge in [0.05, 0.1) is 16.9 Å². The minimum atomic E-state index is -0.00891. The molecule has 170 valence electrons. The van der Waals surface area contributed by atoms with E-state index in [4.69, 9.17) is 4.98 Å². The molecule has 0 saturated heterocycles. The smallest absolute Gasteiger partial charge is 0.253 e. The normalized spacial score (nSPS) is 15.5. The lowest BCUT2D eigenvalue weighted by Crippen LogP contribution is -2.41. The number of anilines is 1. The molecule has 2 aromatic heterocycles. The summed E-state index contributed by atoms with van der Waals surface area (Å²) in [4.78, 5) is 17.8. The predicted molar refractivity (Wildman–Crippen MR) is 131 cm³/mol. The molecule has 1 atom stereocenters. The number of nitrogens with zero attached hydrogens (tertiary/aromatic N) is 2. The highest BCUT2D eigenvalue weighted by molar-refractivity contribution is 5.98. The number of pyridine rings is 1. The van der Waals surface area contributed by atoms with Gasteiger partial charge in [-0.25, -0.2) is 4.98 Å². The topological polar surface area (TPSA) is 70.5 Å². The van der Waals surface area contributed by atoms with Crippen molar-refractivity contribution in [3.05, 3.63) is 63.6 Å². The fourth-order valence-corrected chi connectivity index (χ4v) is 4.65. The second kappa shape index (κ2) is 9.33. The molecule has 1 aliphatic heterocycles. The molecule has 3 aromatic rings. The fraction of sp³-hybridized carbons (Fsp3) is 0.462. The zero-order chi connectivity index (χ0) is 22.8. The second-order valence-electron chi connectivity index (χ2n) is 8.86. The molecule has 6 heteroatoms. The van der Waals surface area contributed by atoms with Crippen molar-refractivity contribution in [1.29, 1.82) is 0 Å². The van der Waals surface area contributed by atoms with Crippen molar-refractivity contribution in [2.24, 2.45) is 0 Å². The van der Waals surface area contributed by atoms with E-state index in [9.17, 15) is 4.79 Å². The van der Waals surface area contributed by atoms with Crippen LogP contribution < -0.4 is 16.0 Å². The van der Waals surface area contributed by atoms with Gasteiger partial charge < -0.3 is 20.4 Å². The van der Waals surface area contributed by atoms with Gasteiger partial charge in [0.1, 0.15) is 0 Å².